The molecule has 0 amide bonds. The molecule has 6 nitrogen and oxygen atoms in total. The molecule has 0 bridgehead atoms. The van der Waals surface area contributed by atoms with Crippen LogP contribution < -0.4 is 0 Å². The smallest absolute Gasteiger partial charge is 0.323 e. The van der Waals surface area contributed by atoms with Gasteiger partial charge in [0, 0.05) is 23.4 Å². The molecule has 1 unspecified atom stereocenters. The van der Waals surface area contributed by atoms with Crippen LogP contribution >= 0.6 is 0 Å². The summed E-state index contributed by atoms with van der Waals surface area (Å²) in [5.74, 6) is -0.781. The third-order valence-corrected chi connectivity index (χ3v) is 5.00. The van der Waals surface area contributed by atoms with Crippen molar-refractivity contribution < 1.29 is 18.7 Å². The number of hydrogen-bond donors (Lipinski definition) is 2. The Morgan fingerprint density at radius 2 is 1.77 bits per heavy atom. The number of aromatic nitrogens is 2. The molecule has 0 aliphatic heterocycles. The van der Waals surface area contributed by atoms with Crippen molar-refractivity contribution in [1.82, 2.24) is 9.55 Å². The molecule has 0 aliphatic carbocycles. The number of nitrogens with zero attached hydrogens (tertiary/aromatic N) is 2. The first-order chi connectivity index (χ1) is 12.3. The maximum absolute atomic E-state index is 11.2. The van der Waals surface area contributed by atoms with Crippen molar-refractivity contribution in [2.45, 2.75) is 32.6 Å². The van der Waals surface area contributed by atoms with Crippen LogP contribution in [0, 0.1) is 13.8 Å². The predicted molar refractivity (Wildman–Crippen MR) is 101 cm³/mol. The van der Waals surface area contributed by atoms with Crippen molar-refractivity contribution in [2.75, 3.05) is 0 Å². The summed E-state index contributed by atoms with van der Waals surface area (Å²) in [5, 5.41) is 9.22. The Morgan fingerprint density at radius 3 is 2.38 bits per heavy atom. The van der Waals surface area contributed by atoms with Gasteiger partial charge in [0.1, 0.15) is 6.54 Å². The molecular formula is C19H20N2O4S. The van der Waals surface area contributed by atoms with Crippen LogP contribution in [0.25, 0.3) is 11.0 Å². The van der Waals surface area contributed by atoms with Gasteiger partial charge in [0.15, 0.2) is 11.1 Å². The molecular weight excluding hydrogens is 352 g/mol. The predicted octanol–water partition coefficient (Wildman–Crippen LogP) is 3.05. The number of hydrogen-bond acceptors (Lipinski definition) is 3. The quantitative estimate of drug-likeness (QED) is 0.649. The number of aliphatic carboxylic acids is 1. The minimum atomic E-state index is -1.86. The van der Waals surface area contributed by atoms with E-state index in [-0.39, 0.29) is 12.3 Å². The highest BCUT2D eigenvalue weighted by Gasteiger charge is 2.17. The summed E-state index contributed by atoms with van der Waals surface area (Å²) in [4.78, 5) is 15.9. The highest BCUT2D eigenvalue weighted by molar-refractivity contribution is 7.78. The molecule has 0 fully saturated rings. The van der Waals surface area contributed by atoms with E-state index in [1.54, 1.807) is 4.57 Å². The van der Waals surface area contributed by atoms with Crippen LogP contribution in [0.4, 0.5) is 0 Å². The Kier molecular flexibility index (Phi) is 5.20. The molecule has 0 radical (unpaired) electrons. The molecule has 0 saturated carbocycles. The number of benzene rings is 1. The van der Waals surface area contributed by atoms with E-state index in [0.717, 1.165) is 39.1 Å². The molecule has 26 heavy (non-hydrogen) atoms. The van der Waals surface area contributed by atoms with Crippen molar-refractivity contribution in [1.29, 1.82) is 0 Å². The molecule has 136 valence electrons. The lowest BCUT2D eigenvalue weighted by molar-refractivity contribution is -0.137. The normalized spacial score (nSPS) is 12.4. The van der Waals surface area contributed by atoms with E-state index >= 15 is 0 Å². The standard InChI is InChI=1S/C19H20N2O4S/c1-12-3-8-17-19(20-12)16(13(2)21(17)10-18(22)23)9-14-4-6-15(7-5-14)11-26(24)25/h3-8H,9-11H2,1-2H3,(H,22,23)(H,24,25). The van der Waals surface area contributed by atoms with Crippen LogP contribution in [0.2, 0.25) is 0 Å². The molecule has 1 aromatic carbocycles. The second-order valence-corrected chi connectivity index (χ2v) is 7.25. The maximum atomic E-state index is 11.2. The summed E-state index contributed by atoms with van der Waals surface area (Å²) < 4.78 is 21.7. The van der Waals surface area contributed by atoms with Crippen LogP contribution in [0.1, 0.15) is 28.1 Å². The SMILES string of the molecule is Cc1ccc2c(n1)c(Cc1ccc(CS(=O)O)cc1)c(C)n2CC(=O)O. The van der Waals surface area contributed by atoms with Crippen LogP contribution in [0.3, 0.4) is 0 Å². The average Bonchev–Trinajstić information content (AvgIpc) is 2.81. The van der Waals surface area contributed by atoms with Gasteiger partial charge in [-0.1, -0.05) is 24.3 Å². The molecule has 2 aromatic heterocycles. The second-order valence-electron chi connectivity index (χ2n) is 6.32. The lowest BCUT2D eigenvalue weighted by atomic mass is 10.0. The second kappa shape index (κ2) is 7.39. The highest BCUT2D eigenvalue weighted by Crippen LogP contribution is 2.27. The van der Waals surface area contributed by atoms with Gasteiger partial charge in [-0.05, 0) is 37.1 Å². The van der Waals surface area contributed by atoms with Gasteiger partial charge >= 0.3 is 5.97 Å². The van der Waals surface area contributed by atoms with Crippen molar-refractivity contribution in [3.63, 3.8) is 0 Å². The molecule has 0 aliphatic rings. The zero-order valence-electron chi connectivity index (χ0n) is 14.6. The first-order valence-corrected chi connectivity index (χ1v) is 9.45. The Labute approximate surface area is 153 Å². The molecule has 0 spiro atoms. The van der Waals surface area contributed by atoms with Gasteiger partial charge in [0.05, 0.1) is 16.8 Å². The summed E-state index contributed by atoms with van der Waals surface area (Å²) in [6, 6.07) is 11.3. The zero-order chi connectivity index (χ0) is 18.8. The summed E-state index contributed by atoms with van der Waals surface area (Å²) in [6.45, 7) is 3.73. The van der Waals surface area contributed by atoms with Crippen LogP contribution in [0.15, 0.2) is 36.4 Å². The van der Waals surface area contributed by atoms with Crippen LogP contribution in [-0.4, -0.2) is 29.4 Å². The van der Waals surface area contributed by atoms with Crippen LogP contribution in [0.5, 0.6) is 0 Å². The minimum absolute atomic E-state index is 0.103. The number of carboxylic acids is 1. The lowest BCUT2D eigenvalue weighted by Crippen LogP contribution is -2.10. The number of carboxylic acid groups (broad SMARTS) is 1. The monoisotopic (exact) mass is 372 g/mol. The third-order valence-electron chi connectivity index (χ3n) is 4.42. The van der Waals surface area contributed by atoms with Crippen molar-refractivity contribution in [3.05, 3.63) is 64.5 Å². The summed E-state index contributed by atoms with van der Waals surface area (Å²) in [5.41, 5.74) is 6.25. The highest BCUT2D eigenvalue weighted by atomic mass is 32.2. The zero-order valence-corrected chi connectivity index (χ0v) is 15.4. The Balaban J connectivity index is 2.01. The van der Waals surface area contributed by atoms with Gasteiger partial charge in [0.2, 0.25) is 0 Å². The van der Waals surface area contributed by atoms with Crippen molar-refractivity contribution >= 4 is 28.1 Å². The van der Waals surface area contributed by atoms with E-state index in [1.807, 2.05) is 50.2 Å². The molecule has 3 rings (SSSR count). The number of rotatable bonds is 6. The first kappa shape index (κ1) is 18.3. The van der Waals surface area contributed by atoms with Crippen molar-refractivity contribution in [3.8, 4) is 0 Å². The van der Waals surface area contributed by atoms with Gasteiger partial charge in [-0.3, -0.25) is 9.78 Å². The molecule has 1 atom stereocenters. The summed E-state index contributed by atoms with van der Waals surface area (Å²) in [6.07, 6.45) is 0.619. The van der Waals surface area contributed by atoms with Crippen molar-refractivity contribution in [2.24, 2.45) is 0 Å². The van der Waals surface area contributed by atoms with Gasteiger partial charge in [-0.15, -0.1) is 0 Å². The van der Waals surface area contributed by atoms with E-state index < -0.39 is 17.0 Å². The Hall–Kier alpha value is -2.51. The maximum Gasteiger partial charge on any atom is 0.323 e. The molecule has 2 heterocycles. The van der Waals surface area contributed by atoms with Gasteiger partial charge in [0.25, 0.3) is 0 Å². The first-order valence-electron chi connectivity index (χ1n) is 8.17. The van der Waals surface area contributed by atoms with E-state index in [0.29, 0.717) is 6.42 Å². The van der Waals surface area contributed by atoms with Gasteiger partial charge in [-0.2, -0.15) is 0 Å². The fourth-order valence-electron chi connectivity index (χ4n) is 3.15. The number of aryl methyl sites for hydroxylation is 1. The molecule has 7 heteroatoms. The fraction of sp³-hybridized carbons (Fsp3) is 0.263. The van der Waals surface area contributed by atoms with E-state index in [1.165, 1.54) is 0 Å². The molecule has 2 N–H and O–H groups in total. The minimum Gasteiger partial charge on any atom is -0.480 e. The Morgan fingerprint density at radius 1 is 1.12 bits per heavy atom. The number of fused-ring (bicyclic) bond motifs is 1. The van der Waals surface area contributed by atoms with E-state index in [9.17, 15) is 14.1 Å². The number of carbonyl (C=O) groups is 1. The third kappa shape index (κ3) is 3.84. The van der Waals surface area contributed by atoms with E-state index in [4.69, 9.17) is 4.55 Å². The van der Waals surface area contributed by atoms with Gasteiger partial charge in [-0.25, -0.2) is 4.21 Å². The average molecular weight is 372 g/mol. The molecule has 0 saturated heterocycles. The fourth-order valence-corrected chi connectivity index (χ4v) is 3.63. The van der Waals surface area contributed by atoms with Gasteiger partial charge < -0.3 is 14.2 Å². The Bertz CT molecular complexity index is 993. The molecule has 3 aromatic rings. The number of pyridine rings is 1. The lowest BCUT2D eigenvalue weighted by Gasteiger charge is -2.06. The summed E-state index contributed by atoms with van der Waals surface area (Å²) in [7, 11) is 0. The topological polar surface area (TPSA) is 92.4 Å². The van der Waals surface area contributed by atoms with Crippen LogP contribution in [-0.2, 0) is 34.6 Å². The summed E-state index contributed by atoms with van der Waals surface area (Å²) >= 11 is -1.86. The van der Waals surface area contributed by atoms with E-state index in [2.05, 4.69) is 4.98 Å². The largest absolute Gasteiger partial charge is 0.480 e.